The molecule has 1 aromatic carbocycles. The molecule has 6 amide bonds. The highest BCUT2D eigenvalue weighted by molar-refractivity contribution is 5.98. The van der Waals surface area contributed by atoms with E-state index >= 15 is 0 Å². The summed E-state index contributed by atoms with van der Waals surface area (Å²) in [6, 6.07) is -0.248. The third kappa shape index (κ3) is 8.21. The Bertz CT molecular complexity index is 1000. The van der Waals surface area contributed by atoms with Gasteiger partial charge < -0.3 is 47.6 Å². The van der Waals surface area contributed by atoms with E-state index in [9.17, 15) is 44.1 Å². The molecule has 4 atom stereocenters. The van der Waals surface area contributed by atoms with Crippen LogP contribution in [0, 0.1) is 0 Å². The molecular weight excluding hydrogens is 480 g/mol. The number of carbonyl (C=O) groups excluding carboxylic acids is 6. The zero-order valence-corrected chi connectivity index (χ0v) is 19.0. The first-order valence-corrected chi connectivity index (χ1v) is 10.8. The summed E-state index contributed by atoms with van der Waals surface area (Å²) in [5, 5.41) is 39.8. The Labute approximate surface area is 204 Å². The number of rotatable bonds is 6. The lowest BCUT2D eigenvalue weighted by Gasteiger charge is -2.24. The van der Waals surface area contributed by atoms with Gasteiger partial charge in [0.05, 0.1) is 26.2 Å². The van der Waals surface area contributed by atoms with Crippen molar-refractivity contribution < 1.29 is 44.1 Å². The second-order valence-electron chi connectivity index (χ2n) is 7.93. The Morgan fingerprint density at radius 1 is 0.778 bits per heavy atom. The van der Waals surface area contributed by atoms with Crippen LogP contribution in [0.2, 0.25) is 0 Å². The topological polar surface area (TPSA) is 249 Å². The number of amides is 6. The van der Waals surface area contributed by atoms with Crippen molar-refractivity contribution in [3.8, 4) is 5.75 Å². The molecule has 2 rings (SSSR count). The Balaban J connectivity index is 2.36. The number of nitrogens with one attached hydrogen (secondary N) is 5. The average molecular weight is 508 g/mol. The predicted octanol–water partition coefficient (Wildman–Crippen LogP) is -5.14. The van der Waals surface area contributed by atoms with Gasteiger partial charge in [-0.25, -0.2) is 0 Å². The van der Waals surface area contributed by atoms with Gasteiger partial charge in [-0.3, -0.25) is 28.8 Å². The van der Waals surface area contributed by atoms with Gasteiger partial charge in [0.1, 0.15) is 29.9 Å². The first-order valence-electron chi connectivity index (χ1n) is 10.8. The molecule has 1 saturated heterocycles. The Morgan fingerprint density at radius 3 is 1.78 bits per heavy atom. The summed E-state index contributed by atoms with van der Waals surface area (Å²) in [5.41, 5.74) is 5.65. The molecule has 0 saturated carbocycles. The van der Waals surface area contributed by atoms with E-state index in [4.69, 9.17) is 5.73 Å². The molecule has 1 fully saturated rings. The summed E-state index contributed by atoms with van der Waals surface area (Å²) in [7, 11) is 0. The summed E-state index contributed by atoms with van der Waals surface area (Å²) in [5.74, 6) is -5.72. The van der Waals surface area contributed by atoms with Crippen molar-refractivity contribution in [3.63, 3.8) is 0 Å². The van der Waals surface area contributed by atoms with Crippen LogP contribution >= 0.6 is 0 Å². The van der Waals surface area contributed by atoms with E-state index in [1.54, 1.807) is 0 Å². The van der Waals surface area contributed by atoms with E-state index in [1.165, 1.54) is 24.3 Å². The van der Waals surface area contributed by atoms with Crippen LogP contribution in [0.4, 0.5) is 0 Å². The van der Waals surface area contributed by atoms with Crippen molar-refractivity contribution in [3.05, 3.63) is 29.8 Å². The zero-order valence-electron chi connectivity index (χ0n) is 19.0. The zero-order chi connectivity index (χ0) is 26.8. The number of aromatic hydroxyl groups is 1. The summed E-state index contributed by atoms with van der Waals surface area (Å²) in [4.78, 5) is 74.4. The number of aliphatic hydroxyl groups is 2. The van der Waals surface area contributed by atoms with E-state index in [0.717, 1.165) is 0 Å². The molecule has 0 radical (unpaired) electrons. The third-order valence-electron chi connectivity index (χ3n) is 5.12. The van der Waals surface area contributed by atoms with Crippen LogP contribution in [0.25, 0.3) is 0 Å². The summed E-state index contributed by atoms with van der Waals surface area (Å²) < 4.78 is 0. The second-order valence-corrected chi connectivity index (χ2v) is 7.93. The highest BCUT2D eigenvalue weighted by Gasteiger charge is 2.32. The van der Waals surface area contributed by atoms with Gasteiger partial charge in [-0.1, -0.05) is 12.1 Å². The minimum atomic E-state index is -1.61. The van der Waals surface area contributed by atoms with Crippen LogP contribution in [0.1, 0.15) is 12.0 Å². The molecule has 15 nitrogen and oxygen atoms in total. The highest BCUT2D eigenvalue weighted by atomic mass is 16.3. The molecule has 1 aliphatic heterocycles. The van der Waals surface area contributed by atoms with Crippen molar-refractivity contribution in [2.45, 2.75) is 37.0 Å². The number of carbonyl (C=O) groups is 6. The van der Waals surface area contributed by atoms with Crippen molar-refractivity contribution in [1.29, 1.82) is 0 Å². The average Bonchev–Trinajstić information content (AvgIpc) is 2.83. The van der Waals surface area contributed by atoms with E-state index in [2.05, 4.69) is 26.6 Å². The molecule has 1 aromatic rings. The fourth-order valence-corrected chi connectivity index (χ4v) is 3.23. The van der Waals surface area contributed by atoms with Crippen LogP contribution in [0.15, 0.2) is 24.3 Å². The maximum atomic E-state index is 12.8. The Morgan fingerprint density at radius 2 is 1.28 bits per heavy atom. The molecule has 0 bridgehead atoms. The van der Waals surface area contributed by atoms with Crippen molar-refractivity contribution >= 4 is 35.4 Å². The van der Waals surface area contributed by atoms with Gasteiger partial charge in [-0.2, -0.15) is 0 Å². The van der Waals surface area contributed by atoms with Crippen molar-refractivity contribution in [2.75, 3.05) is 19.8 Å². The van der Waals surface area contributed by atoms with E-state index < -0.39 is 85.8 Å². The Hall–Kier alpha value is -4.24. The minimum Gasteiger partial charge on any atom is -0.508 e. The van der Waals surface area contributed by atoms with Gasteiger partial charge in [-0.15, -0.1) is 0 Å². The fourth-order valence-electron chi connectivity index (χ4n) is 3.23. The lowest BCUT2D eigenvalue weighted by molar-refractivity contribution is -0.135. The van der Waals surface area contributed by atoms with Gasteiger partial charge in [0, 0.05) is 6.42 Å². The van der Waals surface area contributed by atoms with Crippen LogP contribution in [0.5, 0.6) is 5.75 Å². The summed E-state index contributed by atoms with van der Waals surface area (Å²) in [6.45, 7) is -2.45. The number of hydrogen-bond acceptors (Lipinski definition) is 9. The first kappa shape index (κ1) is 28.0. The quantitative estimate of drug-likeness (QED) is 0.178. The molecule has 0 aromatic heterocycles. The highest BCUT2D eigenvalue weighted by Crippen LogP contribution is 2.11. The molecule has 0 spiro atoms. The molecular formula is C21H28N6O9. The van der Waals surface area contributed by atoms with Crippen LogP contribution in [-0.2, 0) is 35.2 Å². The second kappa shape index (κ2) is 13.0. The van der Waals surface area contributed by atoms with Gasteiger partial charge in [0.25, 0.3) is 0 Å². The smallest absolute Gasteiger partial charge is 0.245 e. The molecule has 1 aliphatic rings. The van der Waals surface area contributed by atoms with Crippen molar-refractivity contribution in [1.82, 2.24) is 26.6 Å². The summed E-state index contributed by atoms with van der Waals surface area (Å²) >= 11 is 0. The molecule has 0 unspecified atom stereocenters. The number of benzene rings is 1. The van der Waals surface area contributed by atoms with Gasteiger partial charge in [0.2, 0.25) is 35.4 Å². The lowest BCUT2D eigenvalue weighted by Crippen LogP contribution is -2.59. The molecule has 196 valence electrons. The lowest BCUT2D eigenvalue weighted by atomic mass is 10.0. The van der Waals surface area contributed by atoms with E-state index in [-0.39, 0.29) is 12.2 Å². The predicted molar refractivity (Wildman–Crippen MR) is 121 cm³/mol. The van der Waals surface area contributed by atoms with Gasteiger partial charge >= 0.3 is 0 Å². The molecule has 36 heavy (non-hydrogen) atoms. The number of primary amides is 1. The fraction of sp³-hybridized carbons (Fsp3) is 0.429. The maximum Gasteiger partial charge on any atom is 0.245 e. The molecule has 15 heteroatoms. The summed E-state index contributed by atoms with van der Waals surface area (Å²) in [6.07, 6.45) is -0.733. The van der Waals surface area contributed by atoms with Crippen molar-refractivity contribution in [2.24, 2.45) is 5.73 Å². The van der Waals surface area contributed by atoms with Crippen LogP contribution in [0.3, 0.4) is 0 Å². The third-order valence-corrected chi connectivity index (χ3v) is 5.12. The monoisotopic (exact) mass is 508 g/mol. The number of aliphatic hydroxyl groups excluding tert-OH is 2. The first-order chi connectivity index (χ1) is 17.0. The standard InChI is InChI=1S/C21H28N6O9/c22-16(31)6-13-19(34)26-15(9-29)21(36)27-14(8-28)20(35)25-12(18(33)23-7-17(32)24-13)5-10-1-3-11(30)4-2-10/h1-4,12-15,28-30H,5-9H2,(H2,22,31)(H,23,33)(H,24,32)(H,25,35)(H,26,34)(H,27,36)/t12-,13-,14-,15-/m0/s1. The van der Waals surface area contributed by atoms with Gasteiger partial charge in [-0.05, 0) is 17.7 Å². The number of phenolic OH excluding ortho intramolecular Hbond substituents is 1. The van der Waals surface area contributed by atoms with E-state index in [0.29, 0.717) is 5.56 Å². The molecule has 0 aliphatic carbocycles. The van der Waals surface area contributed by atoms with Crippen LogP contribution < -0.4 is 32.3 Å². The van der Waals surface area contributed by atoms with Crippen LogP contribution in [-0.4, -0.2) is 94.7 Å². The van der Waals surface area contributed by atoms with Gasteiger partial charge in [0.15, 0.2) is 0 Å². The number of hydrogen-bond donors (Lipinski definition) is 9. The number of nitrogens with two attached hydrogens (primary N) is 1. The SMILES string of the molecule is NC(=O)C[C@@H]1NC(=O)CNC(=O)[C@H](Cc2ccc(O)cc2)NC(=O)[C@H](CO)NC(=O)[C@H](CO)NC1=O. The maximum absolute atomic E-state index is 12.8. The molecule has 1 heterocycles. The number of phenols is 1. The largest absolute Gasteiger partial charge is 0.508 e. The normalized spacial score (nSPS) is 24.2. The molecule has 10 N–H and O–H groups in total. The Kier molecular flexibility index (Phi) is 10.1. The van der Waals surface area contributed by atoms with E-state index in [1.807, 2.05) is 0 Å². The minimum absolute atomic E-state index is 0.0267.